The second-order valence-electron chi connectivity index (χ2n) is 11.2. The number of carbonyl (C=O) groups excluding carboxylic acids is 2. The number of esters is 1. The first-order valence-corrected chi connectivity index (χ1v) is 14.4. The first-order chi connectivity index (χ1) is 19.8. The van der Waals surface area contributed by atoms with Crippen LogP contribution >= 0.6 is 11.6 Å². The number of hydrogen-bond acceptors (Lipinski definition) is 6. The summed E-state index contributed by atoms with van der Waals surface area (Å²) in [5.74, 6) is 0.0855. The fraction of sp³-hybridized carbons (Fsp3) is 0.452. The Morgan fingerprint density at radius 3 is 2.73 bits per heavy atom. The molecule has 4 aromatic rings. The zero-order chi connectivity index (χ0) is 28.7. The van der Waals surface area contributed by atoms with Crippen molar-refractivity contribution in [2.75, 3.05) is 20.3 Å². The highest BCUT2D eigenvalue weighted by molar-refractivity contribution is 6.31. The highest BCUT2D eigenvalue weighted by Crippen LogP contribution is 2.34. The van der Waals surface area contributed by atoms with E-state index in [1.807, 2.05) is 54.2 Å². The second-order valence-corrected chi connectivity index (χ2v) is 11.6. The smallest absolute Gasteiger partial charge is 0.308 e. The van der Waals surface area contributed by atoms with Crippen molar-refractivity contribution in [3.63, 3.8) is 0 Å². The third kappa shape index (κ3) is 5.70. The van der Waals surface area contributed by atoms with E-state index < -0.39 is 6.17 Å². The van der Waals surface area contributed by atoms with Crippen molar-refractivity contribution < 1.29 is 27.9 Å². The van der Waals surface area contributed by atoms with Crippen molar-refractivity contribution in [3.05, 3.63) is 53.2 Å². The fourth-order valence-electron chi connectivity index (χ4n) is 6.21. The number of amides is 1. The van der Waals surface area contributed by atoms with Crippen molar-refractivity contribution in [1.29, 1.82) is 0 Å². The Bertz CT molecular complexity index is 1590. The Balaban J connectivity index is 1.12. The van der Waals surface area contributed by atoms with Crippen molar-refractivity contribution in [3.8, 4) is 11.5 Å². The Hall–Kier alpha value is -3.43. The first kappa shape index (κ1) is 27.7. The van der Waals surface area contributed by atoms with Crippen LogP contribution in [-0.4, -0.2) is 64.9 Å². The van der Waals surface area contributed by atoms with Crippen molar-refractivity contribution in [2.24, 2.45) is 13.0 Å². The number of benzene rings is 2. The largest absolute Gasteiger partial charge is 0.469 e. The van der Waals surface area contributed by atoms with Crippen LogP contribution in [0.15, 0.2) is 47.0 Å². The molecule has 0 bridgehead atoms. The van der Waals surface area contributed by atoms with Crippen LogP contribution in [0.25, 0.3) is 33.5 Å². The van der Waals surface area contributed by atoms with Crippen LogP contribution in [0.4, 0.5) is 4.39 Å². The molecule has 1 saturated carbocycles. The van der Waals surface area contributed by atoms with Gasteiger partial charge in [-0.05, 0) is 61.6 Å². The molecular weight excluding hydrogens is 549 g/mol. The quantitative estimate of drug-likeness (QED) is 0.254. The summed E-state index contributed by atoms with van der Waals surface area (Å²) in [4.78, 5) is 31.4. The summed E-state index contributed by atoms with van der Waals surface area (Å²) < 4.78 is 33.5. The van der Waals surface area contributed by atoms with Crippen LogP contribution in [0.3, 0.4) is 0 Å². The lowest BCUT2D eigenvalue weighted by Gasteiger charge is -2.30. The highest BCUT2D eigenvalue weighted by Gasteiger charge is 2.36. The molecule has 2 aromatic carbocycles. The summed E-state index contributed by atoms with van der Waals surface area (Å²) in [6.07, 6.45) is 4.24. The van der Waals surface area contributed by atoms with Crippen LogP contribution in [-0.2, 0) is 32.5 Å². The Labute approximate surface area is 242 Å². The monoisotopic (exact) mass is 581 g/mol. The standard InChI is InChI=1S/C31H33ClFN3O5/c1-35-16-25(24-13-20(32)6-10-27(24)35)30-34-26-9-3-18(11-28(26)41-30)12-29(37)36-15-21(33)14-22(36)17-40-23-7-4-19(5-8-23)31(38)39-2/h3,6,9-11,13,16,19,21-23H,4-5,7-8,12,14-15,17H2,1-2H3/t19?,21-,22-,23?/m0/s1. The van der Waals surface area contributed by atoms with Gasteiger partial charge >= 0.3 is 5.97 Å². The van der Waals surface area contributed by atoms with E-state index in [1.54, 1.807) is 4.90 Å². The van der Waals surface area contributed by atoms with Gasteiger partial charge in [0.15, 0.2) is 5.58 Å². The average Bonchev–Trinajstić information content (AvgIpc) is 3.65. The van der Waals surface area contributed by atoms with E-state index >= 15 is 0 Å². The molecule has 2 aliphatic rings. The zero-order valence-electron chi connectivity index (χ0n) is 23.1. The van der Waals surface area contributed by atoms with Crippen molar-refractivity contribution in [1.82, 2.24) is 14.5 Å². The Morgan fingerprint density at radius 1 is 1.15 bits per heavy atom. The molecule has 2 atom stereocenters. The predicted molar refractivity (Wildman–Crippen MR) is 153 cm³/mol. The number of carbonyl (C=O) groups is 2. The number of rotatable bonds is 7. The number of methoxy groups -OCH3 is 1. The van der Waals surface area contributed by atoms with E-state index in [-0.39, 0.29) is 49.3 Å². The van der Waals surface area contributed by atoms with Gasteiger partial charge in [-0.1, -0.05) is 17.7 Å². The van der Waals surface area contributed by atoms with Crippen LogP contribution in [0.1, 0.15) is 37.7 Å². The minimum Gasteiger partial charge on any atom is -0.469 e. The summed E-state index contributed by atoms with van der Waals surface area (Å²) in [6.45, 7) is 0.361. The number of aromatic nitrogens is 2. The average molecular weight is 582 g/mol. The molecular formula is C31H33ClFN3O5. The molecule has 0 spiro atoms. The van der Waals surface area contributed by atoms with Gasteiger partial charge in [0, 0.05) is 35.6 Å². The summed E-state index contributed by atoms with van der Waals surface area (Å²) in [6, 6.07) is 10.9. The molecule has 2 fully saturated rings. The van der Waals surface area contributed by atoms with Gasteiger partial charge in [-0.25, -0.2) is 9.37 Å². The number of oxazole rings is 1. The number of fused-ring (bicyclic) bond motifs is 2. The molecule has 1 aliphatic heterocycles. The number of ether oxygens (including phenoxy) is 2. The second kappa shape index (κ2) is 11.4. The molecule has 0 unspecified atom stereocenters. The minimum atomic E-state index is -1.07. The van der Waals surface area contributed by atoms with E-state index in [4.69, 9.17) is 25.5 Å². The molecule has 2 aromatic heterocycles. The molecule has 6 rings (SSSR count). The maximum atomic E-state index is 14.4. The molecule has 8 nitrogen and oxygen atoms in total. The first-order valence-electron chi connectivity index (χ1n) is 14.1. The third-order valence-corrected chi connectivity index (χ3v) is 8.64. The van der Waals surface area contributed by atoms with Crippen LogP contribution in [0, 0.1) is 5.92 Å². The van der Waals surface area contributed by atoms with E-state index in [0.29, 0.717) is 28.6 Å². The fourth-order valence-corrected chi connectivity index (χ4v) is 6.38. The summed E-state index contributed by atoms with van der Waals surface area (Å²) in [5.41, 5.74) is 3.90. The molecule has 1 aliphatic carbocycles. The zero-order valence-corrected chi connectivity index (χ0v) is 23.9. The number of alkyl halides is 1. The van der Waals surface area contributed by atoms with Crippen molar-refractivity contribution >= 4 is 45.5 Å². The third-order valence-electron chi connectivity index (χ3n) is 8.41. The van der Waals surface area contributed by atoms with Gasteiger partial charge in [-0.2, -0.15) is 0 Å². The minimum absolute atomic E-state index is 0.00679. The molecule has 41 heavy (non-hydrogen) atoms. The number of halogens is 2. The lowest BCUT2D eigenvalue weighted by atomic mass is 9.87. The molecule has 0 N–H and O–H groups in total. The van der Waals surface area contributed by atoms with Crippen LogP contribution in [0.5, 0.6) is 0 Å². The van der Waals surface area contributed by atoms with Gasteiger partial charge in [-0.15, -0.1) is 0 Å². The van der Waals surface area contributed by atoms with Gasteiger partial charge in [-0.3, -0.25) is 9.59 Å². The number of likely N-dealkylation sites (tertiary alicyclic amines) is 1. The van der Waals surface area contributed by atoms with Crippen molar-refractivity contribution in [2.45, 2.75) is 56.8 Å². The van der Waals surface area contributed by atoms with E-state index in [2.05, 4.69) is 4.98 Å². The normalized spacial score (nSPS) is 23.0. The molecule has 216 valence electrons. The number of hydrogen-bond donors (Lipinski definition) is 0. The number of aryl methyl sites for hydroxylation is 1. The van der Waals surface area contributed by atoms with Crippen LogP contribution in [0.2, 0.25) is 5.02 Å². The molecule has 10 heteroatoms. The van der Waals surface area contributed by atoms with Gasteiger partial charge in [0.2, 0.25) is 11.8 Å². The predicted octanol–water partition coefficient (Wildman–Crippen LogP) is 5.87. The van der Waals surface area contributed by atoms with Gasteiger partial charge < -0.3 is 23.4 Å². The Morgan fingerprint density at radius 2 is 1.95 bits per heavy atom. The summed E-state index contributed by atoms with van der Waals surface area (Å²) in [5, 5.41) is 1.58. The lowest BCUT2D eigenvalue weighted by Crippen LogP contribution is -2.40. The number of nitrogens with zero attached hydrogens (tertiary/aromatic N) is 3. The van der Waals surface area contributed by atoms with Gasteiger partial charge in [0.05, 0.1) is 50.3 Å². The highest BCUT2D eigenvalue weighted by atomic mass is 35.5. The SMILES string of the molecule is COC(=O)C1CCC(OC[C@@H]2C[C@H](F)CN2C(=O)Cc2ccc3nc(-c4cn(C)c5ccc(Cl)cc45)oc3c2)CC1. The van der Waals surface area contributed by atoms with Crippen LogP contribution < -0.4 is 0 Å². The van der Waals surface area contributed by atoms with Gasteiger partial charge in [0.25, 0.3) is 0 Å². The van der Waals surface area contributed by atoms with Gasteiger partial charge in [0.1, 0.15) is 11.7 Å². The maximum Gasteiger partial charge on any atom is 0.308 e. The Kier molecular flexibility index (Phi) is 7.74. The lowest BCUT2D eigenvalue weighted by molar-refractivity contribution is -0.148. The topological polar surface area (TPSA) is 86.8 Å². The summed E-state index contributed by atoms with van der Waals surface area (Å²) >= 11 is 6.25. The molecule has 1 amide bonds. The molecule has 1 saturated heterocycles. The van der Waals surface area contributed by atoms with E-state index in [0.717, 1.165) is 47.7 Å². The molecule has 0 radical (unpaired) electrons. The van der Waals surface area contributed by atoms with E-state index in [1.165, 1.54) is 7.11 Å². The summed E-state index contributed by atoms with van der Waals surface area (Å²) in [7, 11) is 3.37. The van der Waals surface area contributed by atoms with E-state index in [9.17, 15) is 14.0 Å². The maximum absolute atomic E-state index is 14.4. The molecule has 3 heterocycles.